The molecule has 1 aliphatic carbocycles. The molecule has 4 N–H and O–H groups in total. The third kappa shape index (κ3) is 1.83. The number of carbonyl (C=O) groups is 2. The number of primary amides is 1. The summed E-state index contributed by atoms with van der Waals surface area (Å²) in [6.45, 7) is 0. The fraction of sp³-hybridized carbons (Fsp3) is 0.188. The Morgan fingerprint density at radius 1 is 1.32 bits per heavy atom. The first-order chi connectivity index (χ1) is 10.5. The Hall–Kier alpha value is -2.65. The Morgan fingerprint density at radius 3 is 2.59 bits per heavy atom. The van der Waals surface area contributed by atoms with Crippen molar-refractivity contribution in [3.05, 3.63) is 51.9 Å². The fourth-order valence-corrected chi connectivity index (χ4v) is 4.11. The van der Waals surface area contributed by atoms with E-state index in [1.54, 1.807) is 24.3 Å². The van der Waals surface area contributed by atoms with E-state index < -0.39 is 11.3 Å². The van der Waals surface area contributed by atoms with Crippen LogP contribution in [0.2, 0.25) is 0 Å². The maximum absolute atomic E-state index is 12.9. The molecule has 1 unspecified atom stereocenters. The molecule has 22 heavy (non-hydrogen) atoms. The van der Waals surface area contributed by atoms with Gasteiger partial charge in [-0.3, -0.25) is 9.59 Å². The van der Waals surface area contributed by atoms with Crippen LogP contribution in [0.5, 0.6) is 0 Å². The smallest absolute Gasteiger partial charge is 0.251 e. The molecule has 1 heterocycles. The van der Waals surface area contributed by atoms with Gasteiger partial charge in [0.2, 0.25) is 0 Å². The average molecular weight is 311 g/mol. The van der Waals surface area contributed by atoms with Crippen LogP contribution in [-0.2, 0) is 11.8 Å². The molecule has 6 heteroatoms. The van der Waals surface area contributed by atoms with E-state index in [0.29, 0.717) is 28.8 Å². The number of hydrogen-bond acceptors (Lipinski definition) is 5. The van der Waals surface area contributed by atoms with E-state index in [9.17, 15) is 14.9 Å². The molecule has 3 rings (SSSR count). The minimum atomic E-state index is -1.22. The SMILES string of the molecule is N#CC1(c2ccccc2)CCc2c(sc(N)c2C(N)=O)C1=O. The van der Waals surface area contributed by atoms with Crippen LogP contribution in [0.4, 0.5) is 5.00 Å². The average Bonchev–Trinajstić information content (AvgIpc) is 2.86. The van der Waals surface area contributed by atoms with Crippen molar-refractivity contribution in [2.75, 3.05) is 5.73 Å². The van der Waals surface area contributed by atoms with Crippen molar-refractivity contribution in [3.8, 4) is 6.07 Å². The molecule has 0 spiro atoms. The monoisotopic (exact) mass is 311 g/mol. The lowest BCUT2D eigenvalue weighted by atomic mass is 9.69. The second kappa shape index (κ2) is 4.97. The van der Waals surface area contributed by atoms with Crippen LogP contribution >= 0.6 is 11.3 Å². The van der Waals surface area contributed by atoms with Crippen molar-refractivity contribution in [1.82, 2.24) is 0 Å². The van der Waals surface area contributed by atoms with E-state index in [0.717, 1.165) is 11.3 Å². The first-order valence-electron chi connectivity index (χ1n) is 6.74. The summed E-state index contributed by atoms with van der Waals surface area (Å²) in [7, 11) is 0. The number of benzene rings is 1. The molecule has 1 atom stereocenters. The molecular weight excluding hydrogens is 298 g/mol. The largest absolute Gasteiger partial charge is 0.390 e. The number of fused-ring (bicyclic) bond motifs is 1. The molecule has 0 saturated heterocycles. The van der Waals surface area contributed by atoms with Gasteiger partial charge in [-0.2, -0.15) is 5.26 Å². The highest BCUT2D eigenvalue weighted by Gasteiger charge is 2.46. The summed E-state index contributed by atoms with van der Waals surface area (Å²) in [5, 5.41) is 9.93. The number of rotatable bonds is 2. The molecule has 1 aromatic carbocycles. The van der Waals surface area contributed by atoms with E-state index >= 15 is 0 Å². The zero-order valence-corrected chi connectivity index (χ0v) is 12.4. The Morgan fingerprint density at radius 2 is 2.00 bits per heavy atom. The van der Waals surface area contributed by atoms with Gasteiger partial charge in [-0.25, -0.2) is 0 Å². The number of nitrogens with two attached hydrogens (primary N) is 2. The summed E-state index contributed by atoms with van der Waals surface area (Å²) in [6, 6.07) is 11.2. The molecule has 110 valence electrons. The van der Waals surface area contributed by atoms with Crippen molar-refractivity contribution in [2.24, 2.45) is 5.73 Å². The van der Waals surface area contributed by atoms with Crippen molar-refractivity contribution in [3.63, 3.8) is 0 Å². The standard InChI is InChI=1S/C16H13N3O2S/c17-8-16(9-4-2-1-3-5-9)7-6-10-11(14(18)21)15(19)22-12(10)13(16)20/h1-5H,6-7,19H2,(H2,18,21). The quantitative estimate of drug-likeness (QED) is 0.884. The van der Waals surface area contributed by atoms with Gasteiger partial charge in [0.05, 0.1) is 21.5 Å². The number of nitrogens with zero attached hydrogens (tertiary/aromatic N) is 1. The number of ketones is 1. The van der Waals surface area contributed by atoms with Crippen LogP contribution in [0.1, 0.15) is 37.6 Å². The predicted molar refractivity (Wildman–Crippen MR) is 83.6 cm³/mol. The normalized spacial score (nSPS) is 20.2. The number of anilines is 1. The van der Waals surface area contributed by atoms with Gasteiger partial charge in [-0.1, -0.05) is 30.3 Å². The first kappa shape index (κ1) is 14.3. The number of nitrogen functional groups attached to an aromatic ring is 1. The summed E-state index contributed by atoms with van der Waals surface area (Å²) in [4.78, 5) is 24.9. The number of thiophene rings is 1. The van der Waals surface area contributed by atoms with Crippen LogP contribution in [0, 0.1) is 11.3 Å². The second-order valence-electron chi connectivity index (χ2n) is 5.23. The fourth-order valence-electron chi connectivity index (χ4n) is 2.97. The van der Waals surface area contributed by atoms with Crippen molar-refractivity contribution >= 4 is 28.0 Å². The molecule has 0 saturated carbocycles. The van der Waals surface area contributed by atoms with Crippen molar-refractivity contribution in [2.45, 2.75) is 18.3 Å². The van der Waals surface area contributed by atoms with Gasteiger partial charge < -0.3 is 11.5 Å². The molecule has 1 amide bonds. The van der Waals surface area contributed by atoms with E-state index in [1.807, 2.05) is 6.07 Å². The maximum Gasteiger partial charge on any atom is 0.251 e. The molecule has 1 aliphatic rings. The number of amides is 1. The van der Waals surface area contributed by atoms with Gasteiger partial charge in [0.1, 0.15) is 5.41 Å². The summed E-state index contributed by atoms with van der Waals surface area (Å²) in [5.41, 5.74) is 11.4. The lowest BCUT2D eigenvalue weighted by molar-refractivity contribution is 0.0909. The van der Waals surface area contributed by atoms with Crippen LogP contribution in [-0.4, -0.2) is 11.7 Å². The lowest BCUT2D eigenvalue weighted by Gasteiger charge is -2.29. The number of Topliss-reactive ketones (excluding diaryl/α,β-unsaturated/α-hetero) is 1. The topological polar surface area (TPSA) is 110 Å². The predicted octanol–water partition coefficient (Wildman–Crippen LogP) is 2.02. The summed E-state index contributed by atoms with van der Waals surface area (Å²) < 4.78 is 0. The van der Waals surface area contributed by atoms with Gasteiger partial charge in [0.25, 0.3) is 5.91 Å². The Labute approximate surface area is 131 Å². The third-order valence-electron chi connectivity index (χ3n) is 4.08. The second-order valence-corrected chi connectivity index (χ2v) is 6.28. The third-order valence-corrected chi connectivity index (χ3v) is 5.14. The van der Waals surface area contributed by atoms with Gasteiger partial charge in [-0.15, -0.1) is 11.3 Å². The van der Waals surface area contributed by atoms with Crippen LogP contribution in [0.15, 0.2) is 30.3 Å². The Bertz CT molecular complexity index is 820. The van der Waals surface area contributed by atoms with Crippen LogP contribution in [0.25, 0.3) is 0 Å². The van der Waals surface area contributed by atoms with E-state index in [4.69, 9.17) is 11.5 Å². The number of nitriles is 1. The molecule has 5 nitrogen and oxygen atoms in total. The minimum Gasteiger partial charge on any atom is -0.390 e. The Kier molecular flexibility index (Phi) is 3.23. The lowest BCUT2D eigenvalue weighted by Crippen LogP contribution is -2.38. The summed E-state index contributed by atoms with van der Waals surface area (Å²) >= 11 is 1.04. The highest BCUT2D eigenvalue weighted by Crippen LogP contribution is 2.44. The molecule has 0 radical (unpaired) electrons. The Balaban J connectivity index is 2.18. The molecule has 1 aromatic heterocycles. The first-order valence-corrected chi connectivity index (χ1v) is 7.55. The molecule has 0 bridgehead atoms. The molecule has 0 aliphatic heterocycles. The summed E-state index contributed by atoms with van der Waals surface area (Å²) in [6.07, 6.45) is 0.741. The highest BCUT2D eigenvalue weighted by atomic mass is 32.1. The highest BCUT2D eigenvalue weighted by molar-refractivity contribution is 7.18. The zero-order valence-electron chi connectivity index (χ0n) is 11.6. The molecule has 2 aromatic rings. The summed E-state index contributed by atoms with van der Waals surface area (Å²) in [5.74, 6) is -0.932. The van der Waals surface area contributed by atoms with Gasteiger partial charge >= 0.3 is 0 Å². The molecular formula is C16H13N3O2S. The van der Waals surface area contributed by atoms with Crippen LogP contribution in [0.3, 0.4) is 0 Å². The maximum atomic E-state index is 12.9. The van der Waals surface area contributed by atoms with E-state index in [2.05, 4.69) is 6.07 Å². The number of hydrogen-bond donors (Lipinski definition) is 2. The van der Waals surface area contributed by atoms with Gasteiger partial charge in [0, 0.05) is 0 Å². The molecule has 0 fully saturated rings. The zero-order chi connectivity index (χ0) is 15.9. The van der Waals surface area contributed by atoms with E-state index in [1.165, 1.54) is 0 Å². The van der Waals surface area contributed by atoms with Crippen molar-refractivity contribution < 1.29 is 9.59 Å². The van der Waals surface area contributed by atoms with Crippen molar-refractivity contribution in [1.29, 1.82) is 5.26 Å². The number of carbonyl (C=O) groups excluding carboxylic acids is 2. The minimum absolute atomic E-state index is 0.230. The van der Waals surface area contributed by atoms with E-state index in [-0.39, 0.29) is 16.3 Å². The van der Waals surface area contributed by atoms with Gasteiger partial charge in [0.15, 0.2) is 5.78 Å². The van der Waals surface area contributed by atoms with Crippen LogP contribution < -0.4 is 11.5 Å². The van der Waals surface area contributed by atoms with Gasteiger partial charge in [-0.05, 0) is 24.0 Å².